The number of imidazole rings is 1. The van der Waals surface area contributed by atoms with Gasteiger partial charge >= 0.3 is 5.69 Å². The predicted molar refractivity (Wildman–Crippen MR) is 110 cm³/mol. The van der Waals surface area contributed by atoms with Gasteiger partial charge in [-0.2, -0.15) is 0 Å². The van der Waals surface area contributed by atoms with Crippen molar-refractivity contribution in [1.82, 2.24) is 14.9 Å². The highest BCUT2D eigenvalue weighted by Gasteiger charge is 2.24. The first kappa shape index (κ1) is 20.8. The predicted octanol–water partition coefficient (Wildman–Crippen LogP) is 3.26. The third kappa shape index (κ3) is 4.40. The summed E-state index contributed by atoms with van der Waals surface area (Å²) in [5.41, 5.74) is 0.643. The van der Waals surface area contributed by atoms with Gasteiger partial charge in [-0.3, -0.25) is 14.9 Å². The van der Waals surface area contributed by atoms with Gasteiger partial charge in [-0.15, -0.1) is 0 Å². The lowest BCUT2D eigenvalue weighted by Gasteiger charge is -2.20. The van der Waals surface area contributed by atoms with E-state index in [1.807, 2.05) is 19.2 Å². The molecule has 1 aromatic heterocycles. The highest BCUT2D eigenvalue weighted by atomic mass is 16.6. The Morgan fingerprint density at radius 1 is 1.30 bits per heavy atom. The van der Waals surface area contributed by atoms with E-state index >= 15 is 0 Å². The maximum atomic E-state index is 13.0. The lowest BCUT2D eigenvalue weighted by molar-refractivity contribution is -0.385. The monoisotopic (exact) mass is 410 g/mol. The van der Waals surface area contributed by atoms with E-state index in [0.717, 1.165) is 5.56 Å². The summed E-state index contributed by atoms with van der Waals surface area (Å²) in [4.78, 5) is 28.2. The smallest absolute Gasteiger partial charge is 0.311 e. The second-order valence-corrected chi connectivity index (χ2v) is 6.45. The number of hydrogen-bond donors (Lipinski definition) is 1. The summed E-state index contributed by atoms with van der Waals surface area (Å²) in [5, 5.41) is 14.3. The summed E-state index contributed by atoms with van der Waals surface area (Å²) < 4.78 is 12.4. The zero-order valence-corrected chi connectivity index (χ0v) is 16.9. The lowest BCUT2D eigenvalue weighted by atomic mass is 10.0. The molecule has 0 bridgehead atoms. The van der Waals surface area contributed by atoms with Gasteiger partial charge in [0.1, 0.15) is 17.6 Å². The van der Waals surface area contributed by atoms with Crippen molar-refractivity contribution in [2.75, 3.05) is 13.7 Å². The van der Waals surface area contributed by atoms with Crippen LogP contribution in [-0.2, 0) is 7.05 Å². The molecule has 9 heteroatoms. The fourth-order valence-electron chi connectivity index (χ4n) is 3.07. The highest BCUT2D eigenvalue weighted by molar-refractivity contribution is 5.95. The first-order valence-corrected chi connectivity index (χ1v) is 9.27. The van der Waals surface area contributed by atoms with E-state index in [2.05, 4.69) is 10.3 Å². The second-order valence-electron chi connectivity index (χ2n) is 6.45. The van der Waals surface area contributed by atoms with Gasteiger partial charge in [-0.05, 0) is 36.8 Å². The van der Waals surface area contributed by atoms with Crippen molar-refractivity contribution in [3.05, 3.63) is 81.9 Å². The molecule has 1 atom stereocenters. The van der Waals surface area contributed by atoms with Gasteiger partial charge in [-0.1, -0.05) is 12.1 Å². The van der Waals surface area contributed by atoms with E-state index in [1.54, 1.807) is 43.1 Å². The largest absolute Gasteiger partial charge is 0.497 e. The molecular weight excluding hydrogens is 388 g/mol. The number of nitro benzene ring substituents is 1. The number of aryl methyl sites for hydroxylation is 1. The van der Waals surface area contributed by atoms with Gasteiger partial charge in [0.25, 0.3) is 5.91 Å². The molecule has 0 aliphatic rings. The number of benzene rings is 2. The average Bonchev–Trinajstić information content (AvgIpc) is 3.17. The van der Waals surface area contributed by atoms with Crippen LogP contribution in [0, 0.1) is 10.1 Å². The van der Waals surface area contributed by atoms with Crippen LogP contribution >= 0.6 is 0 Å². The molecule has 1 unspecified atom stereocenters. The van der Waals surface area contributed by atoms with Crippen molar-refractivity contribution in [3.63, 3.8) is 0 Å². The Morgan fingerprint density at radius 3 is 2.73 bits per heavy atom. The number of carbonyl (C=O) groups is 1. The van der Waals surface area contributed by atoms with Gasteiger partial charge in [-0.25, -0.2) is 4.98 Å². The van der Waals surface area contributed by atoms with Crippen LogP contribution in [0.4, 0.5) is 5.69 Å². The van der Waals surface area contributed by atoms with Crippen molar-refractivity contribution < 1.29 is 19.2 Å². The van der Waals surface area contributed by atoms with Gasteiger partial charge in [0.2, 0.25) is 0 Å². The summed E-state index contributed by atoms with van der Waals surface area (Å²) >= 11 is 0. The Bertz CT molecular complexity index is 1060. The Labute approximate surface area is 173 Å². The third-order valence-electron chi connectivity index (χ3n) is 4.54. The molecule has 0 aliphatic heterocycles. The summed E-state index contributed by atoms with van der Waals surface area (Å²) in [6.07, 6.45) is 3.41. The molecule has 9 nitrogen and oxygen atoms in total. The number of nitro groups is 1. The van der Waals surface area contributed by atoms with E-state index in [0.29, 0.717) is 11.6 Å². The van der Waals surface area contributed by atoms with Crippen LogP contribution in [-0.4, -0.2) is 34.1 Å². The third-order valence-corrected chi connectivity index (χ3v) is 4.54. The molecule has 30 heavy (non-hydrogen) atoms. The Morgan fingerprint density at radius 2 is 2.10 bits per heavy atom. The quantitative estimate of drug-likeness (QED) is 0.451. The van der Waals surface area contributed by atoms with Gasteiger partial charge in [0.05, 0.1) is 18.6 Å². The fourth-order valence-corrected chi connectivity index (χ4v) is 3.07. The van der Waals surface area contributed by atoms with Crippen molar-refractivity contribution in [2.24, 2.45) is 7.05 Å². The Hall–Kier alpha value is -3.88. The minimum atomic E-state index is -0.585. The Kier molecular flexibility index (Phi) is 6.31. The molecule has 0 fully saturated rings. The fraction of sp³-hybridized carbons (Fsp3) is 0.238. The molecule has 0 spiro atoms. The zero-order valence-electron chi connectivity index (χ0n) is 16.9. The molecule has 1 amide bonds. The molecule has 156 valence electrons. The summed E-state index contributed by atoms with van der Waals surface area (Å²) in [6.45, 7) is 2.01. The van der Waals surface area contributed by atoms with E-state index in [9.17, 15) is 14.9 Å². The molecule has 3 aromatic rings. The van der Waals surface area contributed by atoms with Crippen LogP contribution in [0.25, 0.3) is 0 Å². The van der Waals surface area contributed by atoms with Crippen molar-refractivity contribution in [2.45, 2.75) is 13.0 Å². The normalized spacial score (nSPS) is 11.6. The summed E-state index contributed by atoms with van der Waals surface area (Å²) in [5.74, 6) is 0.888. The standard InChI is InChI=1S/C21H22N4O5/c1-4-30-18-9-8-15(13-17(18)25(27)28)21(26)23-19(20-22-10-11-24(20)2)14-6-5-7-16(12-14)29-3/h5-13,19H,4H2,1-3H3,(H,23,26). The maximum absolute atomic E-state index is 13.0. The van der Waals surface area contributed by atoms with Gasteiger partial charge in [0.15, 0.2) is 5.75 Å². The van der Waals surface area contributed by atoms with E-state index in [-0.39, 0.29) is 23.6 Å². The molecular formula is C21H22N4O5. The van der Waals surface area contributed by atoms with Crippen LogP contribution in [0.2, 0.25) is 0 Å². The SMILES string of the molecule is CCOc1ccc(C(=O)NC(c2cccc(OC)c2)c2nccn2C)cc1[N+](=O)[O-]. The first-order valence-electron chi connectivity index (χ1n) is 9.27. The molecule has 0 aliphatic carbocycles. The van der Waals surface area contributed by atoms with E-state index in [1.165, 1.54) is 18.2 Å². The molecule has 0 saturated heterocycles. The highest BCUT2D eigenvalue weighted by Crippen LogP contribution is 2.29. The van der Waals surface area contributed by atoms with Gasteiger partial charge in [0, 0.05) is 31.1 Å². The number of methoxy groups -OCH3 is 1. The minimum absolute atomic E-state index is 0.118. The van der Waals surface area contributed by atoms with Crippen LogP contribution < -0.4 is 14.8 Å². The summed E-state index contributed by atoms with van der Waals surface area (Å²) in [7, 11) is 3.38. The number of amides is 1. The molecule has 3 rings (SSSR count). The lowest BCUT2D eigenvalue weighted by Crippen LogP contribution is -2.31. The van der Waals surface area contributed by atoms with Crippen LogP contribution in [0.15, 0.2) is 54.9 Å². The zero-order chi connectivity index (χ0) is 21.7. The van der Waals surface area contributed by atoms with E-state index < -0.39 is 16.9 Å². The number of nitrogens with one attached hydrogen (secondary N) is 1. The summed E-state index contributed by atoms with van der Waals surface area (Å²) in [6, 6.07) is 10.8. The number of carbonyl (C=O) groups excluding carboxylic acids is 1. The average molecular weight is 410 g/mol. The number of aromatic nitrogens is 2. The number of ether oxygens (including phenoxy) is 2. The topological polar surface area (TPSA) is 109 Å². The minimum Gasteiger partial charge on any atom is -0.497 e. The number of hydrogen-bond acceptors (Lipinski definition) is 6. The first-order chi connectivity index (χ1) is 14.4. The van der Waals surface area contributed by atoms with Crippen LogP contribution in [0.3, 0.4) is 0 Å². The maximum Gasteiger partial charge on any atom is 0.311 e. The second kappa shape index (κ2) is 9.08. The molecule has 2 aromatic carbocycles. The van der Waals surface area contributed by atoms with E-state index in [4.69, 9.17) is 9.47 Å². The van der Waals surface area contributed by atoms with Crippen LogP contribution in [0.5, 0.6) is 11.5 Å². The molecule has 0 saturated carbocycles. The van der Waals surface area contributed by atoms with Crippen molar-refractivity contribution in [3.8, 4) is 11.5 Å². The van der Waals surface area contributed by atoms with Gasteiger partial charge < -0.3 is 19.4 Å². The number of nitrogens with zero attached hydrogens (tertiary/aromatic N) is 3. The van der Waals surface area contributed by atoms with Crippen molar-refractivity contribution in [1.29, 1.82) is 0 Å². The number of rotatable bonds is 8. The van der Waals surface area contributed by atoms with Crippen LogP contribution in [0.1, 0.15) is 34.7 Å². The molecule has 1 N–H and O–H groups in total. The van der Waals surface area contributed by atoms with Crippen molar-refractivity contribution >= 4 is 11.6 Å². The molecule has 0 radical (unpaired) electrons. The molecule has 1 heterocycles. The Balaban J connectivity index is 1.97.